The zero-order chi connectivity index (χ0) is 15.9. The third-order valence-electron chi connectivity index (χ3n) is 3.43. The summed E-state index contributed by atoms with van der Waals surface area (Å²) in [7, 11) is 3.32. The molecule has 1 atom stereocenters. The Kier molecular flexibility index (Phi) is 6.67. The lowest BCUT2D eigenvalue weighted by molar-refractivity contribution is -0.120. The maximum Gasteiger partial charge on any atom is 0.421 e. The maximum atomic E-state index is 12.9. The molecule has 0 aromatic carbocycles. The summed E-state index contributed by atoms with van der Waals surface area (Å²) in [4.78, 5) is 12.5. The number of hydrazone groups is 1. The largest absolute Gasteiger partial charge is 0.421 e. The molecular formula is C13H21F3N4O. The van der Waals surface area contributed by atoms with E-state index >= 15 is 0 Å². The van der Waals surface area contributed by atoms with Gasteiger partial charge in [0.15, 0.2) is 6.29 Å². The molecule has 21 heavy (non-hydrogen) atoms. The second-order valence-corrected chi connectivity index (χ2v) is 4.78. The number of aldehydes is 1. The highest BCUT2D eigenvalue weighted by Gasteiger charge is 2.40. The Bertz CT molecular complexity index is 407. The summed E-state index contributed by atoms with van der Waals surface area (Å²) in [5.74, 6) is 0. The summed E-state index contributed by atoms with van der Waals surface area (Å²) in [5.41, 5.74) is 1.07. The molecule has 1 aliphatic rings. The second-order valence-electron chi connectivity index (χ2n) is 4.78. The zero-order valence-corrected chi connectivity index (χ0v) is 12.2. The predicted molar refractivity (Wildman–Crippen MR) is 75.0 cm³/mol. The van der Waals surface area contributed by atoms with Crippen LogP contribution in [0.1, 0.15) is 19.3 Å². The molecule has 1 rings (SSSR count). The zero-order valence-electron chi connectivity index (χ0n) is 12.2. The number of carbonyl (C=O) groups excluding carboxylic acids is 1. The minimum atomic E-state index is -4.68. The lowest BCUT2D eigenvalue weighted by atomic mass is 9.95. The van der Waals surface area contributed by atoms with Crippen LogP contribution >= 0.6 is 0 Å². The van der Waals surface area contributed by atoms with Crippen LogP contribution in [0.25, 0.3) is 0 Å². The molecule has 0 aromatic heterocycles. The Balaban J connectivity index is 2.95. The molecule has 8 heteroatoms. The van der Waals surface area contributed by atoms with Crippen LogP contribution in [0, 0.1) is 0 Å². The first-order valence-corrected chi connectivity index (χ1v) is 6.83. The number of nitrogens with one attached hydrogen (secondary N) is 2. The average molecular weight is 306 g/mol. The van der Waals surface area contributed by atoms with Gasteiger partial charge in [0, 0.05) is 19.6 Å². The number of hydrogen-bond acceptors (Lipinski definition) is 5. The van der Waals surface area contributed by atoms with Gasteiger partial charge < -0.3 is 15.6 Å². The first-order valence-electron chi connectivity index (χ1n) is 6.83. The maximum absolute atomic E-state index is 12.9. The number of halogens is 3. The fraction of sp³-hybridized carbons (Fsp3) is 0.692. The molecule has 0 aliphatic carbocycles. The van der Waals surface area contributed by atoms with Crippen LogP contribution in [0.5, 0.6) is 0 Å². The number of allylic oxidation sites excluding steroid dienone is 2. The van der Waals surface area contributed by atoms with Gasteiger partial charge in [0.25, 0.3) is 0 Å². The van der Waals surface area contributed by atoms with Gasteiger partial charge in [0.2, 0.25) is 0 Å². The number of likely N-dealkylation sites (tertiary alicyclic amines) is 1. The number of nitrogens with zero attached hydrogens (tertiary/aromatic N) is 2. The van der Waals surface area contributed by atoms with E-state index in [0.29, 0.717) is 6.54 Å². The SMILES string of the molecule is CNCCCC1CCN1C(/C=N\NC)=C(/C=O)C(F)(F)F. The van der Waals surface area contributed by atoms with Crippen molar-refractivity contribution in [3.8, 4) is 0 Å². The number of rotatable bonds is 8. The fourth-order valence-electron chi connectivity index (χ4n) is 2.27. The summed E-state index contributed by atoms with van der Waals surface area (Å²) in [6.45, 7) is 1.32. The molecule has 5 nitrogen and oxygen atoms in total. The van der Waals surface area contributed by atoms with Crippen LogP contribution in [-0.4, -0.2) is 56.8 Å². The predicted octanol–water partition coefficient (Wildman–Crippen LogP) is 1.28. The van der Waals surface area contributed by atoms with Crippen molar-refractivity contribution >= 4 is 12.5 Å². The first-order chi connectivity index (χ1) is 9.95. The van der Waals surface area contributed by atoms with Gasteiger partial charge in [-0.2, -0.15) is 18.3 Å². The third-order valence-corrected chi connectivity index (χ3v) is 3.43. The van der Waals surface area contributed by atoms with E-state index in [4.69, 9.17) is 0 Å². The van der Waals surface area contributed by atoms with Crippen molar-refractivity contribution in [3.63, 3.8) is 0 Å². The summed E-state index contributed by atoms with van der Waals surface area (Å²) in [6, 6.07) is 0.0222. The van der Waals surface area contributed by atoms with Gasteiger partial charge in [-0.3, -0.25) is 4.79 Å². The summed E-state index contributed by atoms with van der Waals surface area (Å²) in [6.07, 6.45) is -1.27. The lowest BCUT2D eigenvalue weighted by Crippen LogP contribution is -2.48. The summed E-state index contributed by atoms with van der Waals surface area (Å²) >= 11 is 0. The highest BCUT2D eigenvalue weighted by atomic mass is 19.4. The van der Waals surface area contributed by atoms with Crippen LogP contribution in [0.4, 0.5) is 13.2 Å². The Labute approximate surface area is 122 Å². The van der Waals surface area contributed by atoms with Crippen LogP contribution < -0.4 is 10.7 Å². The van der Waals surface area contributed by atoms with Gasteiger partial charge in [0.05, 0.1) is 11.9 Å². The van der Waals surface area contributed by atoms with E-state index in [1.54, 1.807) is 4.90 Å². The van der Waals surface area contributed by atoms with Crippen molar-refractivity contribution < 1.29 is 18.0 Å². The quantitative estimate of drug-likeness (QED) is 0.233. The van der Waals surface area contributed by atoms with Gasteiger partial charge in [-0.1, -0.05) is 0 Å². The molecule has 0 radical (unpaired) electrons. The van der Waals surface area contributed by atoms with E-state index in [1.165, 1.54) is 7.05 Å². The molecular weight excluding hydrogens is 285 g/mol. The van der Waals surface area contributed by atoms with Gasteiger partial charge in [-0.25, -0.2) is 0 Å². The van der Waals surface area contributed by atoms with Gasteiger partial charge in [0.1, 0.15) is 5.57 Å². The van der Waals surface area contributed by atoms with E-state index < -0.39 is 11.7 Å². The van der Waals surface area contributed by atoms with E-state index in [9.17, 15) is 18.0 Å². The summed E-state index contributed by atoms with van der Waals surface area (Å²) in [5, 5.41) is 6.65. The highest BCUT2D eigenvalue weighted by molar-refractivity contribution is 5.89. The Morgan fingerprint density at radius 3 is 2.57 bits per heavy atom. The molecule has 1 saturated heterocycles. The number of alkyl halides is 3. The first kappa shape index (κ1) is 17.5. The van der Waals surface area contributed by atoms with Crippen LogP contribution in [-0.2, 0) is 4.79 Å². The monoisotopic (exact) mass is 306 g/mol. The molecule has 0 saturated carbocycles. The van der Waals surface area contributed by atoms with Crippen molar-refractivity contribution in [3.05, 3.63) is 11.3 Å². The van der Waals surface area contributed by atoms with E-state index in [0.717, 1.165) is 32.0 Å². The molecule has 0 amide bonds. The molecule has 0 aromatic rings. The van der Waals surface area contributed by atoms with Crippen molar-refractivity contribution in [1.82, 2.24) is 15.6 Å². The normalized spacial score (nSPS) is 20.2. The van der Waals surface area contributed by atoms with E-state index in [2.05, 4.69) is 15.8 Å². The number of hydrogen-bond donors (Lipinski definition) is 2. The minimum Gasteiger partial charge on any atom is -0.367 e. The Hall–Kier alpha value is -1.57. The molecule has 1 fully saturated rings. The van der Waals surface area contributed by atoms with E-state index in [1.807, 2.05) is 7.05 Å². The fourth-order valence-corrected chi connectivity index (χ4v) is 2.27. The smallest absolute Gasteiger partial charge is 0.367 e. The van der Waals surface area contributed by atoms with Crippen molar-refractivity contribution in [2.24, 2.45) is 5.10 Å². The lowest BCUT2D eigenvalue weighted by Gasteiger charge is -2.44. The Morgan fingerprint density at radius 2 is 2.14 bits per heavy atom. The molecule has 0 bridgehead atoms. The topological polar surface area (TPSA) is 56.7 Å². The van der Waals surface area contributed by atoms with Gasteiger partial charge in [-0.05, 0) is 32.9 Å². The van der Waals surface area contributed by atoms with Crippen molar-refractivity contribution in [2.45, 2.75) is 31.5 Å². The van der Waals surface area contributed by atoms with Crippen molar-refractivity contribution in [1.29, 1.82) is 0 Å². The van der Waals surface area contributed by atoms with Gasteiger partial charge >= 0.3 is 6.18 Å². The second kappa shape index (κ2) is 8.02. The standard InChI is InChI=1S/C13H21F3N4O/c1-17-6-3-4-10-5-7-20(10)12(8-19-18-2)11(9-21)13(14,15)16/h8-10,17-18H,3-7H2,1-2H3/b12-11-,19-8-. The molecule has 1 unspecified atom stereocenters. The molecule has 1 heterocycles. The summed E-state index contributed by atoms with van der Waals surface area (Å²) < 4.78 is 38.8. The third kappa shape index (κ3) is 4.73. The molecule has 1 aliphatic heterocycles. The molecule has 0 spiro atoms. The van der Waals surface area contributed by atoms with Crippen molar-refractivity contribution in [2.75, 3.05) is 27.2 Å². The molecule has 120 valence electrons. The average Bonchev–Trinajstić information content (AvgIpc) is 2.38. The molecule has 2 N–H and O–H groups in total. The number of carbonyl (C=O) groups is 1. The van der Waals surface area contributed by atoms with E-state index in [-0.39, 0.29) is 18.0 Å². The van der Waals surface area contributed by atoms with Crippen LogP contribution in [0.15, 0.2) is 16.4 Å². The minimum absolute atomic E-state index is 0.0222. The van der Waals surface area contributed by atoms with Crippen LogP contribution in [0.3, 0.4) is 0 Å². The van der Waals surface area contributed by atoms with Gasteiger partial charge in [-0.15, -0.1) is 0 Å². The Morgan fingerprint density at radius 1 is 1.43 bits per heavy atom. The highest BCUT2D eigenvalue weighted by Crippen LogP contribution is 2.33. The van der Waals surface area contributed by atoms with Crippen LogP contribution in [0.2, 0.25) is 0 Å².